The van der Waals surface area contributed by atoms with Crippen LogP contribution in [-0.4, -0.2) is 5.75 Å². The zero-order valence-corrected chi connectivity index (χ0v) is 12.4. The molecule has 100 valence electrons. The maximum Gasteiger partial charge on any atom is 0.0556 e. The molecule has 3 rings (SSSR count). The Morgan fingerprint density at radius 3 is 2.94 bits per heavy atom. The number of nitrogens with one attached hydrogen (secondary N) is 1. The monoisotopic (exact) mass is 282 g/mol. The Balaban J connectivity index is 1.71. The number of hydrogen-bond donors (Lipinski definition) is 2. The first kappa shape index (κ1) is 13.0. The Morgan fingerprint density at radius 1 is 1.39 bits per heavy atom. The summed E-state index contributed by atoms with van der Waals surface area (Å²) in [4.78, 5) is 3.08. The van der Waals surface area contributed by atoms with Crippen molar-refractivity contribution in [2.45, 2.75) is 50.3 Å². The van der Waals surface area contributed by atoms with Crippen molar-refractivity contribution in [2.75, 3.05) is 5.75 Å². The van der Waals surface area contributed by atoms with Crippen molar-refractivity contribution in [3.63, 3.8) is 0 Å². The van der Waals surface area contributed by atoms with Gasteiger partial charge >= 0.3 is 0 Å². The van der Waals surface area contributed by atoms with Gasteiger partial charge < -0.3 is 0 Å². The first-order valence-electron chi connectivity index (χ1n) is 7.02. The third-order valence-corrected chi connectivity index (χ3v) is 6.59. The average Bonchev–Trinajstić information content (AvgIpc) is 3.04. The predicted octanol–water partition coefficient (Wildman–Crippen LogP) is 3.62. The highest BCUT2D eigenvalue weighted by Crippen LogP contribution is 2.38. The van der Waals surface area contributed by atoms with Crippen molar-refractivity contribution in [3.8, 4) is 0 Å². The van der Waals surface area contributed by atoms with Crippen LogP contribution in [0.1, 0.15) is 53.5 Å². The Morgan fingerprint density at radius 2 is 2.22 bits per heavy atom. The molecule has 1 saturated carbocycles. The van der Waals surface area contributed by atoms with Crippen LogP contribution in [-0.2, 0) is 12.2 Å². The van der Waals surface area contributed by atoms with Gasteiger partial charge in [0.25, 0.3) is 0 Å². The number of thioether (sulfide) groups is 1. The van der Waals surface area contributed by atoms with E-state index < -0.39 is 0 Å². The lowest BCUT2D eigenvalue weighted by Gasteiger charge is -2.18. The van der Waals surface area contributed by atoms with E-state index in [2.05, 4.69) is 23.3 Å². The first-order chi connectivity index (χ1) is 8.86. The van der Waals surface area contributed by atoms with Gasteiger partial charge in [-0.2, -0.15) is 11.8 Å². The second-order valence-electron chi connectivity index (χ2n) is 5.51. The van der Waals surface area contributed by atoms with E-state index in [1.807, 2.05) is 11.3 Å². The fourth-order valence-corrected chi connectivity index (χ4v) is 5.64. The largest absolute Gasteiger partial charge is 0.271 e. The Kier molecular flexibility index (Phi) is 4.29. The van der Waals surface area contributed by atoms with E-state index in [-0.39, 0.29) is 0 Å². The minimum Gasteiger partial charge on any atom is -0.271 e. The molecule has 1 atom stereocenters. The van der Waals surface area contributed by atoms with E-state index in [4.69, 9.17) is 5.84 Å². The van der Waals surface area contributed by atoms with Crippen LogP contribution < -0.4 is 11.3 Å². The standard InChI is InChI=1S/C14H22N2S2/c15-16-12(7-10-3-1-2-4-10)14-8-11-9-17-6-5-13(11)18-14/h8,10,12,16H,1-7,9,15H2. The molecule has 18 heavy (non-hydrogen) atoms. The zero-order chi connectivity index (χ0) is 12.4. The third-order valence-electron chi connectivity index (χ3n) is 4.24. The van der Waals surface area contributed by atoms with Crippen molar-refractivity contribution in [1.82, 2.24) is 5.43 Å². The molecule has 0 aromatic carbocycles. The second-order valence-corrected chi connectivity index (χ2v) is 7.78. The molecule has 1 aliphatic carbocycles. The quantitative estimate of drug-likeness (QED) is 0.654. The van der Waals surface area contributed by atoms with E-state index in [1.165, 1.54) is 54.9 Å². The van der Waals surface area contributed by atoms with Gasteiger partial charge in [-0.1, -0.05) is 25.7 Å². The van der Waals surface area contributed by atoms with Gasteiger partial charge in [0, 0.05) is 15.5 Å². The topological polar surface area (TPSA) is 38.0 Å². The summed E-state index contributed by atoms with van der Waals surface area (Å²) in [6, 6.07) is 2.79. The third kappa shape index (κ3) is 2.77. The van der Waals surface area contributed by atoms with E-state index in [0.29, 0.717) is 6.04 Å². The zero-order valence-electron chi connectivity index (χ0n) is 10.8. The molecule has 4 heteroatoms. The van der Waals surface area contributed by atoms with Gasteiger partial charge in [0.2, 0.25) is 0 Å². The fourth-order valence-electron chi connectivity index (χ4n) is 3.19. The number of aryl methyl sites for hydroxylation is 1. The lowest BCUT2D eigenvalue weighted by molar-refractivity contribution is 0.404. The van der Waals surface area contributed by atoms with Gasteiger partial charge in [-0.05, 0) is 36.1 Å². The average molecular weight is 282 g/mol. The van der Waals surface area contributed by atoms with Crippen LogP contribution in [0.25, 0.3) is 0 Å². The molecule has 2 nitrogen and oxygen atoms in total. The minimum atomic E-state index is 0.383. The molecule has 0 spiro atoms. The molecule has 1 aliphatic heterocycles. The fraction of sp³-hybridized carbons (Fsp3) is 0.714. The van der Waals surface area contributed by atoms with E-state index >= 15 is 0 Å². The lowest BCUT2D eigenvalue weighted by Crippen LogP contribution is -2.28. The number of rotatable bonds is 4. The van der Waals surface area contributed by atoms with Crippen molar-refractivity contribution in [3.05, 3.63) is 21.4 Å². The van der Waals surface area contributed by atoms with Gasteiger partial charge in [-0.25, -0.2) is 0 Å². The summed E-state index contributed by atoms with van der Waals surface area (Å²) in [5.74, 6) is 9.17. The van der Waals surface area contributed by atoms with Crippen LogP contribution in [0.4, 0.5) is 0 Å². The lowest BCUT2D eigenvalue weighted by atomic mass is 9.97. The summed E-state index contributed by atoms with van der Waals surface area (Å²) in [6.45, 7) is 0. The number of fused-ring (bicyclic) bond motifs is 1. The van der Waals surface area contributed by atoms with Gasteiger partial charge in [-0.15, -0.1) is 11.3 Å². The Labute approximate surface area is 118 Å². The normalized spacial score (nSPS) is 22.1. The van der Waals surface area contributed by atoms with E-state index in [1.54, 1.807) is 10.4 Å². The molecule has 0 saturated heterocycles. The van der Waals surface area contributed by atoms with Gasteiger partial charge in [0.1, 0.15) is 0 Å². The van der Waals surface area contributed by atoms with Crippen molar-refractivity contribution in [1.29, 1.82) is 0 Å². The second kappa shape index (κ2) is 5.95. The first-order valence-corrected chi connectivity index (χ1v) is 8.99. The Hall–Kier alpha value is -0.0300. The summed E-state index contributed by atoms with van der Waals surface area (Å²) in [6.07, 6.45) is 8.12. The van der Waals surface area contributed by atoms with Crippen LogP contribution >= 0.6 is 23.1 Å². The highest BCUT2D eigenvalue weighted by molar-refractivity contribution is 7.98. The molecule has 1 aromatic heterocycles. The van der Waals surface area contributed by atoms with Crippen LogP contribution in [0.5, 0.6) is 0 Å². The van der Waals surface area contributed by atoms with Gasteiger partial charge in [-0.3, -0.25) is 11.3 Å². The number of thiophene rings is 1. The molecule has 0 amide bonds. The van der Waals surface area contributed by atoms with Crippen LogP contribution in [0, 0.1) is 5.92 Å². The summed E-state index contributed by atoms with van der Waals surface area (Å²) in [5.41, 5.74) is 4.63. The van der Waals surface area contributed by atoms with Gasteiger partial charge in [0.15, 0.2) is 0 Å². The molecule has 1 unspecified atom stereocenters. The Bertz CT molecular complexity index is 373. The summed E-state index contributed by atoms with van der Waals surface area (Å²) in [5, 5.41) is 0. The molecule has 1 fully saturated rings. The van der Waals surface area contributed by atoms with Crippen molar-refractivity contribution in [2.24, 2.45) is 11.8 Å². The van der Waals surface area contributed by atoms with Gasteiger partial charge in [0.05, 0.1) is 6.04 Å². The maximum atomic E-state index is 5.79. The van der Waals surface area contributed by atoms with Crippen molar-refractivity contribution >= 4 is 23.1 Å². The molecule has 3 N–H and O–H groups in total. The van der Waals surface area contributed by atoms with Crippen LogP contribution in [0.15, 0.2) is 6.07 Å². The molecule has 2 heterocycles. The molecule has 0 bridgehead atoms. The highest BCUT2D eigenvalue weighted by Gasteiger charge is 2.23. The van der Waals surface area contributed by atoms with E-state index in [0.717, 1.165) is 5.92 Å². The maximum absolute atomic E-state index is 5.79. The number of hydrogen-bond acceptors (Lipinski definition) is 4. The predicted molar refractivity (Wildman–Crippen MR) is 80.8 cm³/mol. The molecular formula is C14H22N2S2. The summed E-state index contributed by atoms with van der Waals surface area (Å²) in [7, 11) is 0. The SMILES string of the molecule is NNC(CC1CCCC1)c1cc2c(s1)CCSC2. The summed E-state index contributed by atoms with van der Waals surface area (Å²) >= 11 is 4.05. The van der Waals surface area contributed by atoms with Crippen molar-refractivity contribution < 1.29 is 0 Å². The molecule has 2 aliphatic rings. The number of nitrogens with two attached hydrogens (primary N) is 1. The summed E-state index contributed by atoms with van der Waals surface area (Å²) < 4.78 is 0. The smallest absolute Gasteiger partial charge is 0.0556 e. The molecular weight excluding hydrogens is 260 g/mol. The molecule has 0 radical (unpaired) electrons. The van der Waals surface area contributed by atoms with Crippen LogP contribution in [0.3, 0.4) is 0 Å². The minimum absolute atomic E-state index is 0.383. The van der Waals surface area contributed by atoms with Crippen LogP contribution in [0.2, 0.25) is 0 Å². The van der Waals surface area contributed by atoms with E-state index in [9.17, 15) is 0 Å². The highest BCUT2D eigenvalue weighted by atomic mass is 32.2. The number of hydrazine groups is 1. The molecule has 1 aromatic rings.